The molecule has 0 fully saturated rings. The topological polar surface area (TPSA) is 81.7 Å². The highest BCUT2D eigenvalue weighted by Crippen LogP contribution is 2.31. The van der Waals surface area contributed by atoms with Gasteiger partial charge in [-0.1, -0.05) is 18.2 Å². The maximum atomic E-state index is 12.5. The van der Waals surface area contributed by atoms with Crippen molar-refractivity contribution in [3.8, 4) is 17.2 Å². The first kappa shape index (κ1) is 20.0. The van der Waals surface area contributed by atoms with Crippen LogP contribution >= 0.6 is 0 Å². The van der Waals surface area contributed by atoms with E-state index in [-0.39, 0.29) is 5.91 Å². The van der Waals surface area contributed by atoms with E-state index in [1.807, 2.05) is 42.5 Å². The molecule has 1 amide bonds. The number of hydrogen-bond acceptors (Lipinski definition) is 6. The van der Waals surface area contributed by atoms with E-state index in [1.54, 1.807) is 39.7 Å². The quantitative estimate of drug-likeness (QED) is 0.606. The summed E-state index contributed by atoms with van der Waals surface area (Å²) in [7, 11) is 4.77. The van der Waals surface area contributed by atoms with Gasteiger partial charge in [-0.2, -0.15) is 0 Å². The summed E-state index contributed by atoms with van der Waals surface area (Å²) in [4.78, 5) is 16.7. The Morgan fingerprint density at radius 3 is 2.34 bits per heavy atom. The molecule has 0 aliphatic carbocycles. The predicted octanol–water partition coefficient (Wildman–Crippen LogP) is 3.78. The Morgan fingerprint density at radius 2 is 1.59 bits per heavy atom. The summed E-state index contributed by atoms with van der Waals surface area (Å²) in [6.07, 6.45) is 1.58. The molecule has 150 valence electrons. The number of carbonyl (C=O) groups excluding carboxylic acids is 1. The van der Waals surface area contributed by atoms with Gasteiger partial charge < -0.3 is 24.8 Å². The zero-order chi connectivity index (χ0) is 20.6. The summed E-state index contributed by atoms with van der Waals surface area (Å²) >= 11 is 0. The second-order valence-corrected chi connectivity index (χ2v) is 6.12. The van der Waals surface area contributed by atoms with Crippen LogP contribution in [0.2, 0.25) is 0 Å². The van der Waals surface area contributed by atoms with Gasteiger partial charge in [-0.3, -0.25) is 9.78 Å². The third kappa shape index (κ3) is 4.95. The zero-order valence-corrected chi connectivity index (χ0v) is 16.6. The smallest absolute Gasteiger partial charge is 0.270 e. The predicted molar refractivity (Wildman–Crippen MR) is 111 cm³/mol. The van der Waals surface area contributed by atoms with Crippen LogP contribution in [0.5, 0.6) is 17.2 Å². The number of hydrogen-bond donors (Lipinski definition) is 2. The normalized spacial score (nSPS) is 10.2. The molecule has 0 unspecified atom stereocenters. The van der Waals surface area contributed by atoms with Crippen molar-refractivity contribution < 1.29 is 19.0 Å². The van der Waals surface area contributed by atoms with Crippen LogP contribution in [0.15, 0.2) is 60.8 Å². The average molecular weight is 393 g/mol. The molecule has 29 heavy (non-hydrogen) atoms. The summed E-state index contributed by atoms with van der Waals surface area (Å²) < 4.78 is 15.9. The lowest BCUT2D eigenvalue weighted by atomic mass is 10.2. The number of anilines is 2. The molecule has 0 atom stereocenters. The number of rotatable bonds is 8. The fourth-order valence-electron chi connectivity index (χ4n) is 2.83. The van der Waals surface area contributed by atoms with E-state index in [0.29, 0.717) is 23.7 Å². The fraction of sp³-hybridized carbons (Fsp3) is 0.182. The number of benzene rings is 2. The molecule has 0 aliphatic rings. The molecule has 0 saturated heterocycles. The second-order valence-electron chi connectivity index (χ2n) is 6.12. The van der Waals surface area contributed by atoms with Gasteiger partial charge >= 0.3 is 0 Å². The Labute approximate surface area is 169 Å². The Kier molecular flexibility index (Phi) is 6.52. The highest BCUT2D eigenvalue weighted by atomic mass is 16.5. The molecule has 3 aromatic rings. The van der Waals surface area contributed by atoms with Gasteiger partial charge in [-0.05, 0) is 30.3 Å². The van der Waals surface area contributed by atoms with Gasteiger partial charge in [0, 0.05) is 35.7 Å². The minimum Gasteiger partial charge on any atom is -0.496 e. The van der Waals surface area contributed by atoms with Crippen molar-refractivity contribution in [3.05, 3.63) is 72.1 Å². The monoisotopic (exact) mass is 393 g/mol. The third-order valence-electron chi connectivity index (χ3n) is 4.30. The number of amides is 1. The van der Waals surface area contributed by atoms with Gasteiger partial charge in [0.15, 0.2) is 11.5 Å². The van der Waals surface area contributed by atoms with Gasteiger partial charge in [-0.15, -0.1) is 0 Å². The Hall–Kier alpha value is -3.74. The lowest BCUT2D eigenvalue weighted by molar-refractivity contribution is 0.0945. The lowest BCUT2D eigenvalue weighted by Gasteiger charge is -2.12. The average Bonchev–Trinajstić information content (AvgIpc) is 2.77. The van der Waals surface area contributed by atoms with E-state index < -0.39 is 0 Å². The Balaban J connectivity index is 1.69. The molecule has 1 aromatic heterocycles. The minimum absolute atomic E-state index is 0.271. The van der Waals surface area contributed by atoms with Crippen molar-refractivity contribution in [1.29, 1.82) is 0 Å². The van der Waals surface area contributed by atoms with Crippen LogP contribution in [-0.4, -0.2) is 32.2 Å². The van der Waals surface area contributed by atoms with Gasteiger partial charge in [0.05, 0.1) is 21.3 Å². The van der Waals surface area contributed by atoms with E-state index in [0.717, 1.165) is 22.7 Å². The van der Waals surface area contributed by atoms with Crippen LogP contribution < -0.4 is 24.8 Å². The first-order valence-electron chi connectivity index (χ1n) is 8.99. The molecular weight excluding hydrogens is 370 g/mol. The van der Waals surface area contributed by atoms with Gasteiger partial charge in [0.25, 0.3) is 5.91 Å². The van der Waals surface area contributed by atoms with E-state index in [1.165, 1.54) is 0 Å². The van der Waals surface area contributed by atoms with Gasteiger partial charge in [-0.25, -0.2) is 0 Å². The molecule has 7 nitrogen and oxygen atoms in total. The summed E-state index contributed by atoms with van der Waals surface area (Å²) in [5.41, 5.74) is 2.73. The van der Waals surface area contributed by atoms with Crippen molar-refractivity contribution in [2.75, 3.05) is 26.6 Å². The molecular formula is C22H23N3O4. The van der Waals surface area contributed by atoms with E-state index in [2.05, 4.69) is 15.6 Å². The maximum absolute atomic E-state index is 12.5. The van der Waals surface area contributed by atoms with Crippen LogP contribution in [0.1, 0.15) is 16.1 Å². The fourth-order valence-corrected chi connectivity index (χ4v) is 2.83. The molecule has 0 aliphatic heterocycles. The van der Waals surface area contributed by atoms with E-state index in [9.17, 15) is 4.79 Å². The first-order chi connectivity index (χ1) is 14.1. The van der Waals surface area contributed by atoms with Gasteiger partial charge in [0.1, 0.15) is 11.4 Å². The van der Waals surface area contributed by atoms with Crippen LogP contribution in [0.4, 0.5) is 11.4 Å². The summed E-state index contributed by atoms with van der Waals surface area (Å²) in [5.74, 6) is 1.71. The van der Waals surface area contributed by atoms with Crippen molar-refractivity contribution in [3.63, 3.8) is 0 Å². The van der Waals surface area contributed by atoms with Crippen LogP contribution in [-0.2, 0) is 6.54 Å². The van der Waals surface area contributed by atoms with Crippen LogP contribution in [0.25, 0.3) is 0 Å². The number of pyridine rings is 1. The van der Waals surface area contributed by atoms with Crippen molar-refractivity contribution in [1.82, 2.24) is 10.3 Å². The lowest BCUT2D eigenvalue weighted by Crippen LogP contribution is -2.24. The second kappa shape index (κ2) is 9.45. The summed E-state index contributed by atoms with van der Waals surface area (Å²) in [6, 6.07) is 16.5. The molecule has 0 radical (unpaired) electrons. The SMILES string of the molecule is COc1ccccc1CNC(=O)c1cc(Nc2ccc(OC)c(OC)c2)ccn1. The van der Waals surface area contributed by atoms with Crippen molar-refractivity contribution in [2.45, 2.75) is 6.54 Å². The maximum Gasteiger partial charge on any atom is 0.270 e. The number of methoxy groups -OCH3 is 3. The molecule has 2 N–H and O–H groups in total. The number of ether oxygens (including phenoxy) is 3. The highest BCUT2D eigenvalue weighted by molar-refractivity contribution is 5.93. The van der Waals surface area contributed by atoms with Gasteiger partial charge in [0.2, 0.25) is 0 Å². The molecule has 3 rings (SSSR count). The number of aromatic nitrogens is 1. The van der Waals surface area contributed by atoms with E-state index in [4.69, 9.17) is 14.2 Å². The number of nitrogens with zero attached hydrogens (tertiary/aromatic N) is 1. The largest absolute Gasteiger partial charge is 0.496 e. The summed E-state index contributed by atoms with van der Waals surface area (Å²) in [6.45, 7) is 0.345. The Morgan fingerprint density at radius 1 is 0.862 bits per heavy atom. The number of para-hydroxylation sites is 1. The van der Waals surface area contributed by atoms with Crippen molar-refractivity contribution in [2.24, 2.45) is 0 Å². The molecule has 0 bridgehead atoms. The molecule has 0 spiro atoms. The van der Waals surface area contributed by atoms with Crippen LogP contribution in [0.3, 0.4) is 0 Å². The standard InChI is InChI=1S/C22H23N3O4/c1-27-19-7-5-4-6-15(19)14-24-22(26)18-12-17(10-11-23-18)25-16-8-9-20(28-2)21(13-16)29-3/h4-13H,14H2,1-3H3,(H,23,25)(H,24,26). The van der Waals surface area contributed by atoms with Crippen LogP contribution in [0, 0.1) is 0 Å². The molecule has 0 saturated carbocycles. The highest BCUT2D eigenvalue weighted by Gasteiger charge is 2.10. The third-order valence-corrected chi connectivity index (χ3v) is 4.30. The number of nitrogens with one attached hydrogen (secondary N) is 2. The zero-order valence-electron chi connectivity index (χ0n) is 16.6. The first-order valence-corrected chi connectivity index (χ1v) is 8.99. The van der Waals surface area contributed by atoms with E-state index >= 15 is 0 Å². The molecule has 2 aromatic carbocycles. The molecule has 1 heterocycles. The minimum atomic E-state index is -0.271. The molecule has 7 heteroatoms. The number of carbonyl (C=O) groups is 1. The summed E-state index contributed by atoms with van der Waals surface area (Å²) in [5, 5.41) is 6.11. The van der Waals surface area contributed by atoms with Crippen molar-refractivity contribution >= 4 is 17.3 Å². The Bertz CT molecular complexity index is 991.